The van der Waals surface area contributed by atoms with E-state index < -0.39 is 4.92 Å². The number of nitro benzene ring substituents is 1. The summed E-state index contributed by atoms with van der Waals surface area (Å²) in [6.45, 7) is 5.92. The van der Waals surface area contributed by atoms with Crippen molar-refractivity contribution in [2.45, 2.75) is 26.3 Å². The van der Waals surface area contributed by atoms with Gasteiger partial charge < -0.3 is 0 Å². The van der Waals surface area contributed by atoms with Gasteiger partial charge in [-0.15, -0.1) is 0 Å². The summed E-state index contributed by atoms with van der Waals surface area (Å²) in [6.07, 6.45) is 1.66. The zero-order valence-electron chi connectivity index (χ0n) is 9.10. The molecule has 15 heavy (non-hydrogen) atoms. The Morgan fingerprint density at radius 1 is 1.40 bits per heavy atom. The molecule has 0 unspecified atom stereocenters. The molecule has 4 heteroatoms. The van der Waals surface area contributed by atoms with E-state index in [1.165, 1.54) is 12.1 Å². The average molecular weight is 206 g/mol. The summed E-state index contributed by atoms with van der Waals surface area (Å²) in [5.74, 6) is 0. The third-order valence-electron chi connectivity index (χ3n) is 1.68. The van der Waals surface area contributed by atoms with Crippen molar-refractivity contribution in [2.24, 2.45) is 4.99 Å². The van der Waals surface area contributed by atoms with Crippen LogP contribution in [-0.4, -0.2) is 16.7 Å². The summed E-state index contributed by atoms with van der Waals surface area (Å²) in [4.78, 5) is 14.4. The maximum atomic E-state index is 10.5. The molecule has 0 fully saturated rings. The van der Waals surface area contributed by atoms with Gasteiger partial charge in [0, 0.05) is 18.3 Å². The van der Waals surface area contributed by atoms with Crippen LogP contribution in [0, 0.1) is 10.1 Å². The molecule has 0 aliphatic carbocycles. The third kappa shape index (κ3) is 3.89. The third-order valence-corrected chi connectivity index (χ3v) is 1.68. The maximum absolute atomic E-state index is 10.5. The number of hydrogen-bond donors (Lipinski definition) is 0. The minimum Gasteiger partial charge on any atom is -0.287 e. The summed E-state index contributed by atoms with van der Waals surface area (Å²) in [5, 5.41) is 10.5. The van der Waals surface area contributed by atoms with Gasteiger partial charge in [-0.25, -0.2) is 0 Å². The minimum absolute atomic E-state index is 0.0906. The molecular formula is C11H14N2O2. The smallest absolute Gasteiger partial charge is 0.270 e. The van der Waals surface area contributed by atoms with Gasteiger partial charge in [0.1, 0.15) is 0 Å². The Balaban J connectivity index is 2.92. The molecule has 0 aromatic heterocycles. The highest BCUT2D eigenvalue weighted by atomic mass is 16.6. The fourth-order valence-corrected chi connectivity index (χ4v) is 0.987. The Labute approximate surface area is 88.8 Å². The van der Waals surface area contributed by atoms with E-state index in [1.54, 1.807) is 18.3 Å². The molecule has 0 atom stereocenters. The zero-order chi connectivity index (χ0) is 11.5. The number of nitrogens with zero attached hydrogens (tertiary/aromatic N) is 2. The lowest BCUT2D eigenvalue weighted by molar-refractivity contribution is -0.384. The molecule has 1 aromatic carbocycles. The molecule has 80 valence electrons. The second-order valence-electron chi connectivity index (χ2n) is 4.28. The summed E-state index contributed by atoms with van der Waals surface area (Å²) in [7, 11) is 0. The van der Waals surface area contributed by atoms with Gasteiger partial charge in [0.2, 0.25) is 0 Å². The van der Waals surface area contributed by atoms with Crippen LogP contribution in [0.3, 0.4) is 0 Å². The van der Waals surface area contributed by atoms with E-state index in [0.29, 0.717) is 0 Å². The van der Waals surface area contributed by atoms with E-state index in [4.69, 9.17) is 0 Å². The lowest BCUT2D eigenvalue weighted by Crippen LogP contribution is -2.09. The predicted molar refractivity (Wildman–Crippen MR) is 60.4 cm³/mol. The highest BCUT2D eigenvalue weighted by molar-refractivity contribution is 5.80. The van der Waals surface area contributed by atoms with Crippen molar-refractivity contribution in [2.75, 3.05) is 0 Å². The number of rotatable bonds is 2. The average Bonchev–Trinajstić information content (AvgIpc) is 2.14. The highest BCUT2D eigenvalue weighted by Crippen LogP contribution is 2.13. The van der Waals surface area contributed by atoms with Crippen LogP contribution in [0.15, 0.2) is 29.3 Å². The van der Waals surface area contributed by atoms with Crippen LogP contribution in [0.5, 0.6) is 0 Å². The van der Waals surface area contributed by atoms with Crippen LogP contribution < -0.4 is 0 Å². The van der Waals surface area contributed by atoms with E-state index in [9.17, 15) is 10.1 Å². The molecule has 0 saturated carbocycles. The number of non-ortho nitro benzene ring substituents is 1. The lowest BCUT2D eigenvalue weighted by Gasteiger charge is -2.10. The Bertz CT molecular complexity index is 392. The molecular weight excluding hydrogens is 192 g/mol. The van der Waals surface area contributed by atoms with Gasteiger partial charge in [-0.3, -0.25) is 15.1 Å². The molecule has 0 aliphatic heterocycles. The van der Waals surface area contributed by atoms with Crippen molar-refractivity contribution < 1.29 is 4.92 Å². The predicted octanol–water partition coefficient (Wildman–Crippen LogP) is 2.81. The van der Waals surface area contributed by atoms with Crippen molar-refractivity contribution in [3.05, 3.63) is 39.9 Å². The quantitative estimate of drug-likeness (QED) is 0.424. The second kappa shape index (κ2) is 4.21. The first-order valence-corrected chi connectivity index (χ1v) is 4.68. The molecule has 0 heterocycles. The summed E-state index contributed by atoms with van der Waals surface area (Å²) < 4.78 is 0. The van der Waals surface area contributed by atoms with Crippen molar-refractivity contribution in [3.63, 3.8) is 0 Å². The van der Waals surface area contributed by atoms with E-state index in [1.807, 2.05) is 20.8 Å². The van der Waals surface area contributed by atoms with Crippen molar-refractivity contribution in [1.82, 2.24) is 0 Å². The zero-order valence-corrected chi connectivity index (χ0v) is 9.10. The van der Waals surface area contributed by atoms with Gasteiger partial charge >= 0.3 is 0 Å². The van der Waals surface area contributed by atoms with E-state index in [0.717, 1.165) is 5.56 Å². The van der Waals surface area contributed by atoms with Gasteiger partial charge in [0.05, 0.1) is 10.5 Å². The van der Waals surface area contributed by atoms with E-state index in [-0.39, 0.29) is 11.2 Å². The van der Waals surface area contributed by atoms with Crippen LogP contribution in [0.25, 0.3) is 0 Å². The van der Waals surface area contributed by atoms with Crippen LogP contribution in [-0.2, 0) is 0 Å². The van der Waals surface area contributed by atoms with Crippen LogP contribution >= 0.6 is 0 Å². The molecule has 0 bridgehead atoms. The first-order valence-electron chi connectivity index (χ1n) is 4.68. The first kappa shape index (κ1) is 11.4. The Hall–Kier alpha value is -1.71. The van der Waals surface area contributed by atoms with Gasteiger partial charge in [0.25, 0.3) is 5.69 Å². The van der Waals surface area contributed by atoms with Crippen LogP contribution in [0.2, 0.25) is 0 Å². The molecule has 0 amide bonds. The van der Waals surface area contributed by atoms with Gasteiger partial charge in [-0.2, -0.15) is 0 Å². The highest BCUT2D eigenvalue weighted by Gasteiger charge is 2.07. The number of aliphatic imine (C=N–C) groups is 1. The Morgan fingerprint density at radius 2 is 2.07 bits per heavy atom. The Morgan fingerprint density at radius 3 is 2.60 bits per heavy atom. The number of nitro groups is 1. The summed E-state index contributed by atoms with van der Waals surface area (Å²) >= 11 is 0. The van der Waals surface area contributed by atoms with E-state index in [2.05, 4.69) is 4.99 Å². The van der Waals surface area contributed by atoms with Crippen LogP contribution in [0.1, 0.15) is 26.3 Å². The summed E-state index contributed by atoms with van der Waals surface area (Å²) in [6, 6.07) is 6.42. The maximum Gasteiger partial charge on any atom is 0.270 e. The van der Waals surface area contributed by atoms with Gasteiger partial charge in [-0.05, 0) is 26.3 Å². The summed E-state index contributed by atoms with van der Waals surface area (Å²) in [5.41, 5.74) is 0.678. The van der Waals surface area contributed by atoms with Crippen molar-refractivity contribution >= 4 is 11.9 Å². The first-order chi connectivity index (χ1) is 6.88. The van der Waals surface area contributed by atoms with Gasteiger partial charge in [-0.1, -0.05) is 12.1 Å². The normalized spacial score (nSPS) is 11.9. The molecule has 0 saturated heterocycles. The lowest BCUT2D eigenvalue weighted by atomic mass is 10.1. The molecule has 0 N–H and O–H groups in total. The molecule has 0 radical (unpaired) electrons. The number of benzene rings is 1. The van der Waals surface area contributed by atoms with Gasteiger partial charge in [0.15, 0.2) is 0 Å². The second-order valence-corrected chi connectivity index (χ2v) is 4.28. The topological polar surface area (TPSA) is 55.5 Å². The molecule has 4 nitrogen and oxygen atoms in total. The monoisotopic (exact) mass is 206 g/mol. The van der Waals surface area contributed by atoms with Crippen LogP contribution in [0.4, 0.5) is 5.69 Å². The van der Waals surface area contributed by atoms with Crippen molar-refractivity contribution in [3.8, 4) is 0 Å². The van der Waals surface area contributed by atoms with Crippen molar-refractivity contribution in [1.29, 1.82) is 0 Å². The Kier molecular flexibility index (Phi) is 3.19. The molecule has 0 spiro atoms. The fourth-order valence-electron chi connectivity index (χ4n) is 0.987. The molecule has 1 aromatic rings. The number of hydrogen-bond acceptors (Lipinski definition) is 3. The fraction of sp³-hybridized carbons (Fsp3) is 0.364. The molecule has 1 rings (SSSR count). The SMILES string of the molecule is CC(C)(C)N=Cc1cccc([N+](=O)[O-])c1. The largest absolute Gasteiger partial charge is 0.287 e. The standard InChI is InChI=1S/C11H14N2O2/c1-11(2,3)12-8-9-5-4-6-10(7-9)13(14)15/h4-8H,1-3H3. The molecule has 0 aliphatic rings. The van der Waals surface area contributed by atoms with E-state index >= 15 is 0 Å². The minimum atomic E-state index is -0.408.